The highest BCUT2D eigenvalue weighted by molar-refractivity contribution is 5.91. The van der Waals surface area contributed by atoms with E-state index >= 15 is 0 Å². The van der Waals surface area contributed by atoms with Gasteiger partial charge in [0.15, 0.2) is 5.69 Å². The predicted octanol–water partition coefficient (Wildman–Crippen LogP) is 2.44. The molecule has 1 amide bonds. The number of alkyl halides is 3. The molecule has 0 aliphatic carbocycles. The highest BCUT2D eigenvalue weighted by atomic mass is 35.5. The molecule has 6 nitrogen and oxygen atoms in total. The molecule has 10 heteroatoms. The minimum atomic E-state index is -4.52. The Morgan fingerprint density at radius 1 is 1.20 bits per heavy atom. The van der Waals surface area contributed by atoms with Crippen molar-refractivity contribution in [1.82, 2.24) is 25.6 Å². The summed E-state index contributed by atoms with van der Waals surface area (Å²) in [6.45, 7) is 3.87. The molecule has 1 heterocycles. The van der Waals surface area contributed by atoms with Crippen LogP contribution in [-0.2, 0) is 6.18 Å². The molecule has 0 aliphatic heterocycles. The van der Waals surface area contributed by atoms with Crippen molar-refractivity contribution in [3.8, 4) is 5.69 Å². The Bertz CT molecular complexity index is 690. The maximum Gasteiger partial charge on any atom is 0.418 e. The second-order valence-electron chi connectivity index (χ2n) is 5.07. The molecule has 0 atom stereocenters. The summed E-state index contributed by atoms with van der Waals surface area (Å²) in [7, 11) is 0. The SMILES string of the molecule is CCCNCCNC(=O)c1cn(-c2ccccc2C(F)(F)F)nn1.Cl. The number of nitrogens with zero attached hydrogens (tertiary/aromatic N) is 3. The molecule has 1 aromatic heterocycles. The third-order valence-corrected chi connectivity index (χ3v) is 3.20. The van der Waals surface area contributed by atoms with E-state index in [1.54, 1.807) is 0 Å². The highest BCUT2D eigenvalue weighted by Crippen LogP contribution is 2.33. The van der Waals surface area contributed by atoms with E-state index in [1.165, 1.54) is 24.4 Å². The number of benzene rings is 1. The summed E-state index contributed by atoms with van der Waals surface area (Å²) in [5.41, 5.74) is -1.06. The van der Waals surface area contributed by atoms with Gasteiger partial charge in [0.05, 0.1) is 17.4 Å². The standard InChI is InChI=1S/C15H18F3N5O.ClH/c1-2-7-19-8-9-20-14(24)12-10-23(22-21-12)13-6-4-3-5-11(13)15(16,17)18;/h3-6,10,19H,2,7-9H2,1H3,(H,20,24);1H. The number of aromatic nitrogens is 3. The molecule has 0 unspecified atom stereocenters. The summed E-state index contributed by atoms with van der Waals surface area (Å²) < 4.78 is 40.0. The number of hydrogen-bond donors (Lipinski definition) is 2. The number of carbonyl (C=O) groups is 1. The topological polar surface area (TPSA) is 71.8 Å². The summed E-state index contributed by atoms with van der Waals surface area (Å²) in [5.74, 6) is -0.482. The van der Waals surface area contributed by atoms with Crippen LogP contribution >= 0.6 is 12.4 Å². The fourth-order valence-corrected chi connectivity index (χ4v) is 2.06. The van der Waals surface area contributed by atoms with Crippen molar-refractivity contribution in [1.29, 1.82) is 0 Å². The zero-order chi connectivity index (χ0) is 17.6. The minimum absolute atomic E-state index is 0. The molecule has 0 aliphatic rings. The van der Waals surface area contributed by atoms with Crippen LogP contribution < -0.4 is 10.6 Å². The summed E-state index contributed by atoms with van der Waals surface area (Å²) >= 11 is 0. The Kier molecular flexibility index (Phi) is 7.85. The van der Waals surface area contributed by atoms with E-state index < -0.39 is 17.6 Å². The van der Waals surface area contributed by atoms with Crippen LogP contribution in [0.25, 0.3) is 5.69 Å². The van der Waals surface area contributed by atoms with Crippen LogP contribution in [-0.4, -0.2) is 40.5 Å². The van der Waals surface area contributed by atoms with Crippen molar-refractivity contribution in [2.75, 3.05) is 19.6 Å². The molecule has 0 spiro atoms. The van der Waals surface area contributed by atoms with Crippen LogP contribution in [0.3, 0.4) is 0 Å². The van der Waals surface area contributed by atoms with Gasteiger partial charge in [-0.3, -0.25) is 4.79 Å². The van der Waals surface area contributed by atoms with Crippen LogP contribution in [0.5, 0.6) is 0 Å². The normalized spacial score (nSPS) is 11.0. The predicted molar refractivity (Wildman–Crippen MR) is 89.1 cm³/mol. The maximum absolute atomic E-state index is 13.0. The maximum atomic E-state index is 13.0. The second kappa shape index (κ2) is 9.38. The van der Waals surface area contributed by atoms with E-state index in [0.29, 0.717) is 13.1 Å². The molecule has 2 N–H and O–H groups in total. The number of carbonyl (C=O) groups excluding carboxylic acids is 1. The fraction of sp³-hybridized carbons (Fsp3) is 0.400. The van der Waals surface area contributed by atoms with E-state index in [0.717, 1.165) is 23.7 Å². The van der Waals surface area contributed by atoms with E-state index in [-0.39, 0.29) is 23.8 Å². The van der Waals surface area contributed by atoms with Gasteiger partial charge in [-0.2, -0.15) is 13.2 Å². The lowest BCUT2D eigenvalue weighted by Gasteiger charge is -2.11. The summed E-state index contributed by atoms with van der Waals surface area (Å²) in [6.07, 6.45) is -2.35. The van der Waals surface area contributed by atoms with E-state index in [2.05, 4.69) is 20.9 Å². The third kappa shape index (κ3) is 5.71. The first-order chi connectivity index (χ1) is 11.4. The Balaban J connectivity index is 0.00000312. The molecule has 0 fully saturated rings. The monoisotopic (exact) mass is 377 g/mol. The highest BCUT2D eigenvalue weighted by Gasteiger charge is 2.34. The third-order valence-electron chi connectivity index (χ3n) is 3.20. The van der Waals surface area contributed by atoms with Gasteiger partial charge in [0.25, 0.3) is 5.91 Å². The van der Waals surface area contributed by atoms with Crippen molar-refractivity contribution in [2.24, 2.45) is 0 Å². The summed E-state index contributed by atoms with van der Waals surface area (Å²) in [6, 6.07) is 4.98. The zero-order valence-electron chi connectivity index (χ0n) is 13.5. The minimum Gasteiger partial charge on any atom is -0.349 e. The van der Waals surface area contributed by atoms with Gasteiger partial charge in [0.2, 0.25) is 0 Å². The number of hydrogen-bond acceptors (Lipinski definition) is 4. The van der Waals surface area contributed by atoms with Crippen LogP contribution in [0.2, 0.25) is 0 Å². The summed E-state index contributed by atoms with van der Waals surface area (Å²) in [4.78, 5) is 11.9. The van der Waals surface area contributed by atoms with Crippen molar-refractivity contribution in [3.63, 3.8) is 0 Å². The first-order valence-corrected chi connectivity index (χ1v) is 7.51. The van der Waals surface area contributed by atoms with Gasteiger partial charge in [0.1, 0.15) is 0 Å². The molecule has 0 bridgehead atoms. The van der Waals surface area contributed by atoms with Gasteiger partial charge < -0.3 is 10.6 Å². The lowest BCUT2D eigenvalue weighted by molar-refractivity contribution is -0.137. The molecular formula is C15H19ClF3N5O. The van der Waals surface area contributed by atoms with Crippen molar-refractivity contribution in [2.45, 2.75) is 19.5 Å². The lowest BCUT2D eigenvalue weighted by atomic mass is 10.1. The lowest BCUT2D eigenvalue weighted by Crippen LogP contribution is -2.32. The van der Waals surface area contributed by atoms with E-state index in [4.69, 9.17) is 0 Å². The zero-order valence-corrected chi connectivity index (χ0v) is 14.3. The molecule has 1 aromatic carbocycles. The Labute approximate surface area is 149 Å². The summed E-state index contributed by atoms with van der Waals surface area (Å²) in [5, 5.41) is 13.0. The fourth-order valence-electron chi connectivity index (χ4n) is 2.06. The van der Waals surface area contributed by atoms with E-state index in [1.807, 2.05) is 6.92 Å². The Morgan fingerprint density at radius 2 is 1.92 bits per heavy atom. The van der Waals surface area contributed by atoms with Crippen molar-refractivity contribution in [3.05, 3.63) is 41.7 Å². The second-order valence-corrected chi connectivity index (χ2v) is 5.07. The van der Waals surface area contributed by atoms with Crippen molar-refractivity contribution < 1.29 is 18.0 Å². The van der Waals surface area contributed by atoms with Gasteiger partial charge >= 0.3 is 6.18 Å². The quantitative estimate of drug-likeness (QED) is 0.727. The molecule has 2 aromatic rings. The number of para-hydroxylation sites is 1. The number of amides is 1. The molecular weight excluding hydrogens is 359 g/mol. The average molecular weight is 378 g/mol. The molecule has 0 saturated carbocycles. The van der Waals surface area contributed by atoms with Gasteiger partial charge in [-0.25, -0.2) is 4.68 Å². The van der Waals surface area contributed by atoms with Crippen molar-refractivity contribution >= 4 is 18.3 Å². The number of rotatable bonds is 7. The largest absolute Gasteiger partial charge is 0.418 e. The number of halogens is 4. The molecule has 138 valence electrons. The van der Waals surface area contributed by atoms with Crippen LogP contribution in [0.4, 0.5) is 13.2 Å². The van der Waals surface area contributed by atoms with Gasteiger partial charge in [-0.15, -0.1) is 17.5 Å². The van der Waals surface area contributed by atoms with Gasteiger partial charge in [-0.05, 0) is 25.1 Å². The first-order valence-electron chi connectivity index (χ1n) is 7.51. The van der Waals surface area contributed by atoms with E-state index in [9.17, 15) is 18.0 Å². The number of nitrogens with one attached hydrogen (secondary N) is 2. The molecule has 0 radical (unpaired) electrons. The van der Waals surface area contributed by atoms with Crippen LogP contribution in [0.15, 0.2) is 30.5 Å². The average Bonchev–Trinajstić information content (AvgIpc) is 3.03. The molecule has 2 rings (SSSR count). The van der Waals surface area contributed by atoms with Crippen LogP contribution in [0.1, 0.15) is 29.4 Å². The Hall–Kier alpha value is -2.13. The van der Waals surface area contributed by atoms with Gasteiger partial charge in [-0.1, -0.05) is 24.3 Å². The first kappa shape index (κ1) is 20.9. The smallest absolute Gasteiger partial charge is 0.349 e. The molecule has 0 saturated heterocycles. The van der Waals surface area contributed by atoms with Gasteiger partial charge in [0, 0.05) is 13.1 Å². The molecule has 25 heavy (non-hydrogen) atoms. The Morgan fingerprint density at radius 3 is 2.60 bits per heavy atom. The van der Waals surface area contributed by atoms with Crippen LogP contribution in [0, 0.1) is 0 Å².